The minimum atomic E-state index is -2.84. The summed E-state index contributed by atoms with van der Waals surface area (Å²) in [5, 5.41) is 0. The van der Waals surface area contributed by atoms with E-state index in [9.17, 15) is 8.42 Å². The normalized spacial score (nSPS) is 17.9. The zero-order valence-corrected chi connectivity index (χ0v) is 11.6. The molecule has 0 spiro atoms. The molecule has 100 valence electrons. The van der Waals surface area contributed by atoms with Gasteiger partial charge in [-0.15, -0.1) is 0 Å². The molecule has 5 heteroatoms. The van der Waals surface area contributed by atoms with Gasteiger partial charge in [0.25, 0.3) is 0 Å². The van der Waals surface area contributed by atoms with Crippen molar-refractivity contribution >= 4 is 15.5 Å². The summed E-state index contributed by atoms with van der Waals surface area (Å²) in [5.74, 6) is 0.262. The minimum absolute atomic E-state index is 0.262. The molecule has 0 bridgehead atoms. The lowest BCUT2D eigenvalue weighted by Gasteiger charge is -2.35. The van der Waals surface area contributed by atoms with Crippen LogP contribution in [0.4, 0.5) is 5.69 Å². The van der Waals surface area contributed by atoms with Gasteiger partial charge in [-0.3, -0.25) is 4.90 Å². The van der Waals surface area contributed by atoms with Crippen LogP contribution in [0.1, 0.15) is 0 Å². The molecule has 0 aliphatic carbocycles. The Balaban J connectivity index is 1.82. The molecule has 1 fully saturated rings. The molecule has 0 atom stereocenters. The van der Waals surface area contributed by atoms with E-state index in [1.54, 1.807) is 0 Å². The van der Waals surface area contributed by atoms with Crippen molar-refractivity contribution in [1.82, 2.24) is 4.90 Å². The zero-order chi connectivity index (χ0) is 13.0. The van der Waals surface area contributed by atoms with Crippen LogP contribution < -0.4 is 4.90 Å². The molecular weight excluding hydrogens is 248 g/mol. The second kappa shape index (κ2) is 5.71. The van der Waals surface area contributed by atoms with E-state index in [1.165, 1.54) is 11.9 Å². The lowest BCUT2D eigenvalue weighted by molar-refractivity contribution is 0.272. The van der Waals surface area contributed by atoms with Gasteiger partial charge < -0.3 is 4.90 Å². The third-order valence-corrected chi connectivity index (χ3v) is 4.20. The molecular formula is C13H20N2O2S. The van der Waals surface area contributed by atoms with Crippen LogP contribution in [0, 0.1) is 0 Å². The van der Waals surface area contributed by atoms with Crippen LogP contribution in [-0.2, 0) is 9.84 Å². The number of anilines is 1. The number of para-hydroxylation sites is 1. The first-order valence-corrected chi connectivity index (χ1v) is 8.31. The van der Waals surface area contributed by atoms with Gasteiger partial charge in [-0.05, 0) is 12.1 Å². The van der Waals surface area contributed by atoms with Crippen LogP contribution in [-0.4, -0.2) is 58.1 Å². The predicted molar refractivity (Wildman–Crippen MR) is 74.8 cm³/mol. The van der Waals surface area contributed by atoms with E-state index in [2.05, 4.69) is 21.9 Å². The van der Waals surface area contributed by atoms with Crippen LogP contribution in [0.15, 0.2) is 30.3 Å². The van der Waals surface area contributed by atoms with Gasteiger partial charge in [0.2, 0.25) is 0 Å². The van der Waals surface area contributed by atoms with Crippen molar-refractivity contribution in [3.8, 4) is 0 Å². The van der Waals surface area contributed by atoms with Gasteiger partial charge in [-0.1, -0.05) is 18.2 Å². The maximum Gasteiger partial charge on any atom is 0.148 e. The first kappa shape index (κ1) is 13.4. The maximum atomic E-state index is 11.1. The molecule has 18 heavy (non-hydrogen) atoms. The third-order valence-electron chi connectivity index (χ3n) is 3.27. The number of nitrogens with zero attached hydrogens (tertiary/aromatic N) is 2. The van der Waals surface area contributed by atoms with Gasteiger partial charge in [-0.25, -0.2) is 8.42 Å². The van der Waals surface area contributed by atoms with Crippen molar-refractivity contribution in [2.24, 2.45) is 0 Å². The van der Waals surface area contributed by atoms with E-state index in [4.69, 9.17) is 0 Å². The number of rotatable bonds is 4. The van der Waals surface area contributed by atoms with E-state index in [0.29, 0.717) is 6.54 Å². The fraction of sp³-hybridized carbons (Fsp3) is 0.538. The molecule has 0 amide bonds. The average Bonchev–Trinajstić information content (AvgIpc) is 2.37. The minimum Gasteiger partial charge on any atom is -0.369 e. The molecule has 1 saturated heterocycles. The van der Waals surface area contributed by atoms with Gasteiger partial charge >= 0.3 is 0 Å². The zero-order valence-electron chi connectivity index (χ0n) is 10.7. The smallest absolute Gasteiger partial charge is 0.148 e. The summed E-state index contributed by atoms with van der Waals surface area (Å²) in [4.78, 5) is 4.57. The van der Waals surface area contributed by atoms with E-state index >= 15 is 0 Å². The van der Waals surface area contributed by atoms with Crippen LogP contribution in [0.25, 0.3) is 0 Å². The first-order valence-electron chi connectivity index (χ1n) is 6.25. The van der Waals surface area contributed by atoms with Crippen molar-refractivity contribution < 1.29 is 8.42 Å². The standard InChI is InChI=1S/C13H20N2O2S/c1-18(16,17)12-11-14-7-9-15(10-8-14)13-5-3-2-4-6-13/h2-6H,7-12H2,1H3. The van der Waals surface area contributed by atoms with E-state index in [1.807, 2.05) is 18.2 Å². The monoisotopic (exact) mass is 268 g/mol. The van der Waals surface area contributed by atoms with E-state index in [-0.39, 0.29) is 5.75 Å². The highest BCUT2D eigenvalue weighted by atomic mass is 32.2. The lowest BCUT2D eigenvalue weighted by atomic mass is 10.2. The summed E-state index contributed by atoms with van der Waals surface area (Å²) in [6.07, 6.45) is 1.30. The van der Waals surface area contributed by atoms with Crippen molar-refractivity contribution in [1.29, 1.82) is 0 Å². The Morgan fingerprint density at radius 2 is 1.67 bits per heavy atom. The lowest BCUT2D eigenvalue weighted by Crippen LogP contribution is -2.47. The van der Waals surface area contributed by atoms with Crippen LogP contribution in [0.2, 0.25) is 0 Å². The molecule has 4 nitrogen and oxygen atoms in total. The second-order valence-corrected chi connectivity index (χ2v) is 7.05. The van der Waals surface area contributed by atoms with Gasteiger partial charge in [0.1, 0.15) is 9.84 Å². The highest BCUT2D eigenvalue weighted by Gasteiger charge is 2.17. The fourth-order valence-electron chi connectivity index (χ4n) is 2.16. The molecule has 1 aromatic rings. The van der Waals surface area contributed by atoms with Crippen molar-refractivity contribution in [3.05, 3.63) is 30.3 Å². The Labute approximate surface area is 109 Å². The Bertz CT molecular complexity index is 465. The largest absolute Gasteiger partial charge is 0.369 e. The van der Waals surface area contributed by atoms with Gasteiger partial charge in [0.05, 0.1) is 5.75 Å². The van der Waals surface area contributed by atoms with Gasteiger partial charge in [-0.2, -0.15) is 0 Å². The molecule has 0 unspecified atom stereocenters. The van der Waals surface area contributed by atoms with Crippen LogP contribution in [0.5, 0.6) is 0 Å². The summed E-state index contributed by atoms with van der Waals surface area (Å²) < 4.78 is 22.2. The molecule has 1 aliphatic rings. The first-order chi connectivity index (χ1) is 8.54. The molecule has 0 N–H and O–H groups in total. The molecule has 0 aromatic heterocycles. The average molecular weight is 268 g/mol. The molecule has 1 aliphatic heterocycles. The van der Waals surface area contributed by atoms with E-state index < -0.39 is 9.84 Å². The van der Waals surface area contributed by atoms with Gasteiger partial charge in [0, 0.05) is 44.7 Å². The van der Waals surface area contributed by atoms with Crippen molar-refractivity contribution in [2.45, 2.75) is 0 Å². The summed E-state index contributed by atoms with van der Waals surface area (Å²) in [7, 11) is -2.84. The topological polar surface area (TPSA) is 40.6 Å². The number of sulfone groups is 1. The Hall–Kier alpha value is -1.07. The summed E-state index contributed by atoms with van der Waals surface area (Å²) in [6, 6.07) is 10.3. The number of hydrogen-bond donors (Lipinski definition) is 0. The number of hydrogen-bond acceptors (Lipinski definition) is 4. The van der Waals surface area contributed by atoms with E-state index in [0.717, 1.165) is 26.2 Å². The number of piperazine rings is 1. The predicted octanol–water partition coefficient (Wildman–Crippen LogP) is 0.853. The summed E-state index contributed by atoms with van der Waals surface area (Å²) in [5.41, 5.74) is 1.25. The molecule has 2 rings (SSSR count). The molecule has 1 aromatic carbocycles. The second-order valence-electron chi connectivity index (χ2n) is 4.79. The van der Waals surface area contributed by atoms with Crippen LogP contribution >= 0.6 is 0 Å². The molecule has 1 heterocycles. The Morgan fingerprint density at radius 1 is 1.06 bits per heavy atom. The fourth-order valence-corrected chi connectivity index (χ4v) is 2.75. The highest BCUT2D eigenvalue weighted by Crippen LogP contribution is 2.15. The summed E-state index contributed by atoms with van der Waals surface area (Å²) >= 11 is 0. The Kier molecular flexibility index (Phi) is 4.24. The molecule has 0 radical (unpaired) electrons. The third kappa shape index (κ3) is 3.99. The van der Waals surface area contributed by atoms with Crippen molar-refractivity contribution in [2.75, 3.05) is 49.6 Å². The van der Waals surface area contributed by atoms with Crippen molar-refractivity contribution in [3.63, 3.8) is 0 Å². The van der Waals surface area contributed by atoms with Crippen LogP contribution in [0.3, 0.4) is 0 Å². The molecule has 0 saturated carbocycles. The number of benzene rings is 1. The highest BCUT2D eigenvalue weighted by molar-refractivity contribution is 7.90. The maximum absolute atomic E-state index is 11.1. The SMILES string of the molecule is CS(=O)(=O)CCN1CCN(c2ccccc2)CC1. The Morgan fingerprint density at radius 3 is 2.22 bits per heavy atom. The van der Waals surface area contributed by atoms with Gasteiger partial charge in [0.15, 0.2) is 0 Å². The summed E-state index contributed by atoms with van der Waals surface area (Å²) in [6.45, 7) is 4.46. The quantitative estimate of drug-likeness (QED) is 0.812.